The predicted octanol–water partition coefficient (Wildman–Crippen LogP) is 7.04. The van der Waals surface area contributed by atoms with Crippen LogP contribution < -0.4 is 4.74 Å². The molecule has 3 aromatic carbocycles. The van der Waals surface area contributed by atoms with Gasteiger partial charge in [-0.1, -0.05) is 38.1 Å². The van der Waals surface area contributed by atoms with Gasteiger partial charge < -0.3 is 9.84 Å². The highest BCUT2D eigenvalue weighted by molar-refractivity contribution is 5.87. The van der Waals surface area contributed by atoms with Crippen molar-refractivity contribution in [2.45, 2.75) is 39.3 Å². The molecule has 0 unspecified atom stereocenters. The lowest BCUT2D eigenvalue weighted by molar-refractivity contribution is -0.137. The van der Waals surface area contributed by atoms with Crippen molar-refractivity contribution in [3.63, 3.8) is 0 Å². The molecule has 0 fully saturated rings. The minimum Gasteiger partial charge on any atom is -0.493 e. The highest BCUT2D eigenvalue weighted by Crippen LogP contribution is 2.35. The van der Waals surface area contributed by atoms with Crippen molar-refractivity contribution in [3.8, 4) is 16.9 Å². The normalized spacial score (nSPS) is 12.0. The number of aryl methyl sites for hydroxylation is 2. The van der Waals surface area contributed by atoms with Crippen molar-refractivity contribution in [1.82, 2.24) is 0 Å². The van der Waals surface area contributed by atoms with Crippen LogP contribution >= 0.6 is 0 Å². The highest BCUT2D eigenvalue weighted by atomic mass is 19.4. The summed E-state index contributed by atoms with van der Waals surface area (Å²) in [4.78, 5) is 11.1. The number of hydrogen-bond acceptors (Lipinski definition) is 2. The van der Waals surface area contributed by atoms with Gasteiger partial charge in [0.2, 0.25) is 0 Å². The Balaban J connectivity index is 1.78. The van der Waals surface area contributed by atoms with Crippen LogP contribution in [0.25, 0.3) is 11.1 Å². The van der Waals surface area contributed by atoms with Crippen LogP contribution in [-0.2, 0) is 11.6 Å². The average molecular weight is 442 g/mol. The smallest absolute Gasteiger partial charge is 0.416 e. The number of aromatic carboxylic acids is 1. The van der Waals surface area contributed by atoms with Crippen LogP contribution in [-0.4, -0.2) is 17.7 Å². The van der Waals surface area contributed by atoms with E-state index in [1.165, 1.54) is 12.1 Å². The Kier molecular flexibility index (Phi) is 6.35. The monoisotopic (exact) mass is 442 g/mol. The molecule has 0 aromatic heterocycles. The van der Waals surface area contributed by atoms with Gasteiger partial charge in [0.25, 0.3) is 0 Å². The number of hydrogen-bond donors (Lipinski definition) is 1. The number of carbonyl (C=O) groups is 1. The molecule has 0 aliphatic heterocycles. The zero-order chi connectivity index (χ0) is 23.7. The second-order valence-corrected chi connectivity index (χ2v) is 8.56. The van der Waals surface area contributed by atoms with E-state index in [2.05, 4.69) is 0 Å². The van der Waals surface area contributed by atoms with Gasteiger partial charge in [-0.15, -0.1) is 0 Å². The Hall–Kier alpha value is -3.28. The van der Waals surface area contributed by atoms with E-state index >= 15 is 0 Å². The van der Waals surface area contributed by atoms with Crippen LogP contribution in [0.5, 0.6) is 5.75 Å². The maximum Gasteiger partial charge on any atom is 0.416 e. The minimum absolute atomic E-state index is 0.232. The van der Waals surface area contributed by atoms with E-state index in [9.17, 15) is 18.0 Å². The molecule has 32 heavy (non-hydrogen) atoms. The fraction of sp³-hybridized carbons (Fsp3) is 0.269. The Labute approximate surface area is 185 Å². The third kappa shape index (κ3) is 5.13. The Bertz CT molecular complexity index is 1090. The zero-order valence-electron chi connectivity index (χ0n) is 18.4. The summed E-state index contributed by atoms with van der Waals surface area (Å²) in [5.41, 5.74) is 3.58. The fourth-order valence-corrected chi connectivity index (χ4v) is 3.70. The van der Waals surface area contributed by atoms with Gasteiger partial charge in [-0.05, 0) is 78.1 Å². The van der Waals surface area contributed by atoms with Gasteiger partial charge in [0, 0.05) is 5.41 Å². The summed E-state index contributed by atoms with van der Waals surface area (Å²) in [5, 5.41) is 9.06. The molecule has 0 aliphatic carbocycles. The highest BCUT2D eigenvalue weighted by Gasteiger charge is 2.30. The summed E-state index contributed by atoms with van der Waals surface area (Å²) in [5.74, 6) is -0.296. The van der Waals surface area contributed by atoms with Gasteiger partial charge >= 0.3 is 12.1 Å². The number of rotatable bonds is 6. The number of benzene rings is 3. The zero-order valence-corrected chi connectivity index (χ0v) is 18.4. The molecule has 3 aromatic rings. The molecule has 0 heterocycles. The first kappa shape index (κ1) is 23.4. The van der Waals surface area contributed by atoms with Crippen molar-refractivity contribution in [2.75, 3.05) is 6.61 Å². The maximum absolute atomic E-state index is 12.8. The molecule has 0 bridgehead atoms. The lowest BCUT2D eigenvalue weighted by Crippen LogP contribution is -2.26. The van der Waals surface area contributed by atoms with Gasteiger partial charge in [0.1, 0.15) is 5.75 Å². The lowest BCUT2D eigenvalue weighted by Gasteiger charge is -2.26. The number of carboxylic acids is 1. The molecule has 6 heteroatoms. The molecule has 0 saturated carbocycles. The molecule has 0 aliphatic rings. The number of carboxylic acid groups (broad SMARTS) is 1. The summed E-state index contributed by atoms with van der Waals surface area (Å²) in [6, 6.07) is 15.7. The minimum atomic E-state index is -4.36. The molecule has 0 saturated heterocycles. The topological polar surface area (TPSA) is 46.5 Å². The second kappa shape index (κ2) is 8.69. The molecule has 0 amide bonds. The Morgan fingerprint density at radius 3 is 1.84 bits per heavy atom. The molecule has 168 valence electrons. The van der Waals surface area contributed by atoms with Crippen molar-refractivity contribution in [2.24, 2.45) is 0 Å². The molecule has 3 nitrogen and oxygen atoms in total. The standard InChI is InChI=1S/C26H25F3O3/c1-16-13-22(32-15-25(3,4)20-9-7-19(8-10-20)24(30)31)14-17(2)23(16)18-5-11-21(12-6-18)26(27,28)29/h5-14H,15H2,1-4H3,(H,30,31). The van der Waals surface area contributed by atoms with E-state index in [1.54, 1.807) is 24.3 Å². The van der Waals surface area contributed by atoms with E-state index in [0.717, 1.165) is 39.9 Å². The Morgan fingerprint density at radius 1 is 0.875 bits per heavy atom. The molecule has 1 N–H and O–H groups in total. The van der Waals surface area contributed by atoms with E-state index in [4.69, 9.17) is 9.84 Å². The number of alkyl halides is 3. The summed E-state index contributed by atoms with van der Waals surface area (Å²) < 4.78 is 44.6. The van der Waals surface area contributed by atoms with Crippen LogP contribution in [0.1, 0.15) is 46.5 Å². The van der Waals surface area contributed by atoms with Crippen LogP contribution in [0.2, 0.25) is 0 Å². The van der Waals surface area contributed by atoms with Crippen molar-refractivity contribution in [3.05, 3.63) is 88.5 Å². The van der Waals surface area contributed by atoms with Gasteiger partial charge in [-0.2, -0.15) is 13.2 Å². The number of halogens is 3. The first-order chi connectivity index (χ1) is 14.9. The van der Waals surface area contributed by atoms with Crippen LogP contribution in [0, 0.1) is 13.8 Å². The molecule has 0 radical (unpaired) electrons. The van der Waals surface area contributed by atoms with Gasteiger partial charge in [0.05, 0.1) is 17.7 Å². The first-order valence-corrected chi connectivity index (χ1v) is 10.1. The fourth-order valence-electron chi connectivity index (χ4n) is 3.70. The summed E-state index contributed by atoms with van der Waals surface area (Å²) in [6.07, 6.45) is -4.36. The van der Waals surface area contributed by atoms with Gasteiger partial charge in [0.15, 0.2) is 0 Å². The summed E-state index contributed by atoms with van der Waals surface area (Å²) in [7, 11) is 0. The molecular weight excluding hydrogens is 417 g/mol. The van der Waals surface area contributed by atoms with E-state index < -0.39 is 17.7 Å². The maximum atomic E-state index is 12.8. The Morgan fingerprint density at radius 2 is 1.38 bits per heavy atom. The van der Waals surface area contributed by atoms with Crippen molar-refractivity contribution < 1.29 is 27.8 Å². The van der Waals surface area contributed by atoms with E-state index in [0.29, 0.717) is 12.4 Å². The van der Waals surface area contributed by atoms with E-state index in [-0.39, 0.29) is 11.0 Å². The second-order valence-electron chi connectivity index (χ2n) is 8.56. The molecule has 0 spiro atoms. The van der Waals surface area contributed by atoms with Crippen molar-refractivity contribution in [1.29, 1.82) is 0 Å². The molecule has 0 atom stereocenters. The lowest BCUT2D eigenvalue weighted by atomic mass is 9.85. The largest absolute Gasteiger partial charge is 0.493 e. The SMILES string of the molecule is Cc1cc(OCC(C)(C)c2ccc(C(=O)O)cc2)cc(C)c1-c1ccc(C(F)(F)F)cc1. The van der Waals surface area contributed by atoms with Crippen LogP contribution in [0.4, 0.5) is 13.2 Å². The van der Waals surface area contributed by atoms with Crippen molar-refractivity contribution >= 4 is 5.97 Å². The third-order valence-corrected chi connectivity index (χ3v) is 5.52. The van der Waals surface area contributed by atoms with Gasteiger partial charge in [-0.25, -0.2) is 4.79 Å². The molecular formula is C26H25F3O3. The molecule has 3 rings (SSSR count). The summed E-state index contributed by atoms with van der Waals surface area (Å²) in [6.45, 7) is 8.21. The number of ether oxygens (including phenoxy) is 1. The summed E-state index contributed by atoms with van der Waals surface area (Å²) >= 11 is 0. The third-order valence-electron chi connectivity index (χ3n) is 5.52. The quantitative estimate of drug-likeness (QED) is 0.445. The average Bonchev–Trinajstić information content (AvgIpc) is 2.72. The van der Waals surface area contributed by atoms with Crippen LogP contribution in [0.15, 0.2) is 60.7 Å². The van der Waals surface area contributed by atoms with Gasteiger partial charge in [-0.3, -0.25) is 0 Å². The first-order valence-electron chi connectivity index (χ1n) is 10.1. The van der Waals surface area contributed by atoms with Crippen LogP contribution in [0.3, 0.4) is 0 Å². The van der Waals surface area contributed by atoms with E-state index in [1.807, 2.05) is 39.8 Å². The predicted molar refractivity (Wildman–Crippen MR) is 118 cm³/mol.